The number of hydrogen-bond acceptors (Lipinski definition) is 5. The highest BCUT2D eigenvalue weighted by atomic mass is 35.5. The van der Waals surface area contributed by atoms with Gasteiger partial charge in [0.1, 0.15) is 23.1 Å². The molecule has 2 aromatic rings. The van der Waals surface area contributed by atoms with Crippen LogP contribution in [0.5, 0.6) is 0 Å². The first kappa shape index (κ1) is 12.3. The Morgan fingerprint density at radius 1 is 1.56 bits per heavy atom. The number of H-pyrrole nitrogens is 1. The molecule has 2 rings (SSSR count). The van der Waals surface area contributed by atoms with E-state index in [-0.39, 0.29) is 22.9 Å². The van der Waals surface area contributed by atoms with Crippen LogP contribution in [0.3, 0.4) is 0 Å². The summed E-state index contributed by atoms with van der Waals surface area (Å²) in [6, 6.07) is 2.60. The van der Waals surface area contributed by atoms with Crippen LogP contribution < -0.4 is 11.1 Å². The molecule has 8 heteroatoms. The summed E-state index contributed by atoms with van der Waals surface area (Å²) in [7, 11) is 0. The number of hydrogen-bond donors (Lipinski definition) is 3. The van der Waals surface area contributed by atoms with Crippen molar-refractivity contribution < 1.29 is 4.79 Å². The molecule has 0 aliphatic heterocycles. The number of carbonyl (C=O) groups is 1. The largest absolute Gasteiger partial charge is 0.384 e. The van der Waals surface area contributed by atoms with Gasteiger partial charge in [-0.15, -0.1) is 0 Å². The molecular formula is C10H11ClN6O. The molecule has 1 amide bonds. The molecule has 94 valence electrons. The number of nitrogen functional groups attached to an aromatic ring is 1. The molecule has 7 nitrogen and oxygen atoms in total. The second-order valence-corrected chi connectivity index (χ2v) is 4.06. The standard InChI is InChI=1S/C10H11ClN6O/c1-5(9-13-4-14-17-9)15-10(18)6-2-7(11)16-8(12)3-6/h2-5H,1H3,(H2,12,16)(H,15,18)(H,13,14,17). The Kier molecular flexibility index (Phi) is 3.42. The fraction of sp³-hybridized carbons (Fsp3) is 0.200. The quantitative estimate of drug-likeness (QED) is 0.716. The van der Waals surface area contributed by atoms with Crippen molar-refractivity contribution in [3.05, 3.63) is 35.0 Å². The van der Waals surface area contributed by atoms with Crippen molar-refractivity contribution >= 4 is 23.3 Å². The number of halogens is 1. The van der Waals surface area contributed by atoms with E-state index in [2.05, 4.69) is 25.5 Å². The molecule has 18 heavy (non-hydrogen) atoms. The van der Waals surface area contributed by atoms with E-state index >= 15 is 0 Å². The maximum absolute atomic E-state index is 11.9. The summed E-state index contributed by atoms with van der Waals surface area (Å²) in [6.45, 7) is 1.78. The van der Waals surface area contributed by atoms with Gasteiger partial charge in [-0.1, -0.05) is 11.6 Å². The summed E-state index contributed by atoms with van der Waals surface area (Å²) >= 11 is 5.73. The molecule has 0 aliphatic carbocycles. The van der Waals surface area contributed by atoms with Gasteiger partial charge in [-0.25, -0.2) is 9.97 Å². The lowest BCUT2D eigenvalue weighted by Crippen LogP contribution is -2.27. The van der Waals surface area contributed by atoms with E-state index < -0.39 is 0 Å². The number of nitrogens with zero attached hydrogens (tertiary/aromatic N) is 3. The van der Waals surface area contributed by atoms with Gasteiger partial charge in [0.2, 0.25) is 0 Å². The number of aromatic amines is 1. The van der Waals surface area contributed by atoms with Crippen LogP contribution in [-0.2, 0) is 0 Å². The Balaban J connectivity index is 2.12. The number of nitrogens with two attached hydrogens (primary N) is 1. The summed E-state index contributed by atoms with van der Waals surface area (Å²) in [5, 5.41) is 9.30. The van der Waals surface area contributed by atoms with Gasteiger partial charge < -0.3 is 11.1 Å². The van der Waals surface area contributed by atoms with Gasteiger partial charge >= 0.3 is 0 Å². The van der Waals surface area contributed by atoms with Crippen LogP contribution in [0, 0.1) is 0 Å². The van der Waals surface area contributed by atoms with Crippen LogP contribution >= 0.6 is 11.6 Å². The Labute approximate surface area is 108 Å². The fourth-order valence-corrected chi connectivity index (χ4v) is 1.64. The van der Waals surface area contributed by atoms with E-state index in [0.29, 0.717) is 11.4 Å². The van der Waals surface area contributed by atoms with Gasteiger partial charge in [0.15, 0.2) is 0 Å². The van der Waals surface area contributed by atoms with E-state index in [0.717, 1.165) is 0 Å². The SMILES string of the molecule is CC(NC(=O)c1cc(N)nc(Cl)c1)c1ncn[nH]1. The van der Waals surface area contributed by atoms with Crippen LogP contribution in [0.15, 0.2) is 18.5 Å². The van der Waals surface area contributed by atoms with Crippen molar-refractivity contribution in [2.75, 3.05) is 5.73 Å². The van der Waals surface area contributed by atoms with Crippen molar-refractivity contribution in [3.8, 4) is 0 Å². The summed E-state index contributed by atoms with van der Waals surface area (Å²) in [6.07, 6.45) is 1.37. The Hall–Kier alpha value is -2.15. The second kappa shape index (κ2) is 5.01. The van der Waals surface area contributed by atoms with Gasteiger partial charge in [0.25, 0.3) is 5.91 Å². The Morgan fingerprint density at radius 3 is 2.94 bits per heavy atom. The summed E-state index contributed by atoms with van der Waals surface area (Å²) < 4.78 is 0. The van der Waals surface area contributed by atoms with Crippen molar-refractivity contribution in [2.24, 2.45) is 0 Å². The van der Waals surface area contributed by atoms with Crippen molar-refractivity contribution in [3.63, 3.8) is 0 Å². The smallest absolute Gasteiger partial charge is 0.252 e. The van der Waals surface area contributed by atoms with Gasteiger partial charge in [0, 0.05) is 5.56 Å². The average molecular weight is 267 g/mol. The van der Waals surface area contributed by atoms with Crippen LogP contribution in [0.1, 0.15) is 29.1 Å². The minimum absolute atomic E-state index is 0.174. The molecule has 0 aromatic carbocycles. The minimum Gasteiger partial charge on any atom is -0.384 e. The minimum atomic E-state index is -0.310. The van der Waals surface area contributed by atoms with E-state index in [9.17, 15) is 4.79 Å². The topological polar surface area (TPSA) is 110 Å². The molecule has 1 atom stereocenters. The highest BCUT2D eigenvalue weighted by molar-refractivity contribution is 6.29. The molecule has 0 aliphatic rings. The summed E-state index contributed by atoms with van der Waals surface area (Å²) in [5.74, 6) is 0.450. The number of nitrogens with one attached hydrogen (secondary N) is 2. The molecule has 4 N–H and O–H groups in total. The van der Waals surface area contributed by atoms with Crippen molar-refractivity contribution in [1.29, 1.82) is 0 Å². The highest BCUT2D eigenvalue weighted by Crippen LogP contribution is 2.13. The van der Waals surface area contributed by atoms with Gasteiger partial charge in [0.05, 0.1) is 6.04 Å². The maximum Gasteiger partial charge on any atom is 0.252 e. The number of pyridine rings is 1. The van der Waals surface area contributed by atoms with E-state index in [1.807, 2.05) is 0 Å². The predicted molar refractivity (Wildman–Crippen MR) is 65.9 cm³/mol. The highest BCUT2D eigenvalue weighted by Gasteiger charge is 2.14. The molecule has 0 saturated carbocycles. The van der Waals surface area contributed by atoms with Crippen LogP contribution in [0.25, 0.3) is 0 Å². The third-order valence-electron chi connectivity index (χ3n) is 2.27. The molecular weight excluding hydrogens is 256 g/mol. The molecule has 0 saturated heterocycles. The lowest BCUT2D eigenvalue weighted by Gasteiger charge is -2.11. The Morgan fingerprint density at radius 2 is 2.33 bits per heavy atom. The van der Waals surface area contributed by atoms with E-state index in [1.54, 1.807) is 6.92 Å². The molecule has 0 fully saturated rings. The lowest BCUT2D eigenvalue weighted by atomic mass is 10.2. The normalized spacial score (nSPS) is 12.1. The Bertz CT molecular complexity index is 535. The monoisotopic (exact) mass is 266 g/mol. The van der Waals surface area contributed by atoms with Crippen LogP contribution in [0.4, 0.5) is 5.82 Å². The first-order chi connectivity index (χ1) is 8.56. The first-order valence-corrected chi connectivity index (χ1v) is 5.53. The number of aromatic nitrogens is 4. The zero-order valence-electron chi connectivity index (χ0n) is 9.51. The average Bonchev–Trinajstić information content (AvgIpc) is 2.80. The zero-order valence-corrected chi connectivity index (χ0v) is 10.3. The molecule has 2 heterocycles. The second-order valence-electron chi connectivity index (χ2n) is 3.67. The number of amides is 1. The van der Waals surface area contributed by atoms with E-state index in [4.69, 9.17) is 17.3 Å². The van der Waals surface area contributed by atoms with E-state index in [1.165, 1.54) is 18.5 Å². The molecule has 0 radical (unpaired) electrons. The molecule has 0 bridgehead atoms. The summed E-state index contributed by atoms with van der Waals surface area (Å²) in [4.78, 5) is 19.7. The fourth-order valence-electron chi connectivity index (χ4n) is 1.42. The molecule has 2 aromatic heterocycles. The van der Waals surface area contributed by atoms with Crippen molar-refractivity contribution in [2.45, 2.75) is 13.0 Å². The van der Waals surface area contributed by atoms with Gasteiger partial charge in [-0.05, 0) is 19.1 Å². The van der Waals surface area contributed by atoms with Gasteiger partial charge in [-0.3, -0.25) is 9.89 Å². The number of rotatable bonds is 3. The maximum atomic E-state index is 11.9. The third kappa shape index (κ3) is 2.75. The lowest BCUT2D eigenvalue weighted by molar-refractivity contribution is 0.0938. The summed E-state index contributed by atoms with van der Waals surface area (Å²) in [5.41, 5.74) is 5.86. The first-order valence-electron chi connectivity index (χ1n) is 5.15. The third-order valence-corrected chi connectivity index (χ3v) is 2.46. The number of anilines is 1. The van der Waals surface area contributed by atoms with Crippen molar-refractivity contribution in [1.82, 2.24) is 25.5 Å². The molecule has 1 unspecified atom stereocenters. The number of carbonyl (C=O) groups excluding carboxylic acids is 1. The predicted octanol–water partition coefficient (Wildman–Crippen LogP) is 0.926. The zero-order chi connectivity index (χ0) is 13.1. The van der Waals surface area contributed by atoms with Gasteiger partial charge in [-0.2, -0.15) is 5.10 Å². The molecule has 0 spiro atoms. The van der Waals surface area contributed by atoms with Crippen LogP contribution in [0.2, 0.25) is 5.15 Å². The van der Waals surface area contributed by atoms with Crippen LogP contribution in [-0.4, -0.2) is 26.1 Å².